The Hall–Kier alpha value is -6.58. The van der Waals surface area contributed by atoms with Crippen molar-refractivity contribution in [3.8, 4) is 28.7 Å². The van der Waals surface area contributed by atoms with Gasteiger partial charge in [-0.25, -0.2) is 0 Å². The lowest BCUT2D eigenvalue weighted by Crippen LogP contribution is -2.45. The second-order valence-electron chi connectivity index (χ2n) is 44.9. The van der Waals surface area contributed by atoms with Crippen molar-refractivity contribution in [3.63, 3.8) is 0 Å². The van der Waals surface area contributed by atoms with Crippen LogP contribution in [0, 0.1) is 10.8 Å². The van der Waals surface area contributed by atoms with Gasteiger partial charge in [0.05, 0.1) is 45.1 Å². The van der Waals surface area contributed by atoms with Crippen molar-refractivity contribution in [2.24, 2.45) is 10.8 Å². The Balaban J connectivity index is 0.000000201. The van der Waals surface area contributed by atoms with Crippen molar-refractivity contribution in [3.05, 3.63) is 289 Å². The summed E-state index contributed by atoms with van der Waals surface area (Å²) in [6.07, 6.45) is 5.42. The molecule has 1 spiro atoms. The highest BCUT2D eigenvalue weighted by molar-refractivity contribution is 7.43. The Labute approximate surface area is 765 Å². The summed E-state index contributed by atoms with van der Waals surface area (Å²) >= 11 is 0. The standard InChI is InChI=1S/C53H58O6P2.C30H45O3P.C27H47O3P/c1-49(2,39-21-13-9-14-22-39)43-29-31-47(45(33-43)51(5,6)41-25-17-11-18-26-41)58-60-54-35-53(36-55-60)37-56-61(57-38-53)59-48-32-30-44(50(3,4)40-23-15-10-16-24-40)34-46(48)52(7,8)42-27-19-12-20-28-42;1-27(2,3)21-15-19-14-20-16-22(28(4,5)6)18-24(30(10,11)12)26(20)33-34(31-13)32-25(19)23(17-21)29(7,8)9;1-12-14-15-27(13-2)18-28-31(29-19-27)30-23-21(25(6,7)8)16-20(24(3,4)5)17-22(23)26(9,10)11/h9-34H,35-38H2,1-8H3;15-18H,14H2,1-13H3;16-17H,12-15,18-19H2,1-11H3. The largest absolute Gasteiger partial charge is 0.462 e. The van der Waals surface area contributed by atoms with Crippen molar-refractivity contribution in [2.75, 3.05) is 46.8 Å². The van der Waals surface area contributed by atoms with Gasteiger partial charge in [0.25, 0.3) is 0 Å². The van der Waals surface area contributed by atoms with E-state index < -0.39 is 39.8 Å². The fourth-order valence-corrected chi connectivity index (χ4v) is 21.3. The van der Waals surface area contributed by atoms with Crippen LogP contribution in [0.3, 0.4) is 0 Å². The lowest BCUT2D eigenvalue weighted by atomic mass is 9.73. The van der Waals surface area contributed by atoms with Crippen molar-refractivity contribution < 1.29 is 54.3 Å². The Morgan fingerprint density at radius 2 is 0.587 bits per heavy atom. The van der Waals surface area contributed by atoms with Gasteiger partial charge in [0.1, 0.15) is 28.7 Å². The third-order valence-electron chi connectivity index (χ3n) is 26.0. The van der Waals surface area contributed by atoms with Crippen molar-refractivity contribution in [1.82, 2.24) is 0 Å². The highest BCUT2D eigenvalue weighted by Gasteiger charge is 2.47. The molecule has 0 radical (unpaired) electrons. The second kappa shape index (κ2) is 39.1. The van der Waals surface area contributed by atoms with Gasteiger partial charge >= 0.3 is 34.4 Å². The third-order valence-corrected chi connectivity index (χ3v) is 30.0. The first-order valence-electron chi connectivity index (χ1n) is 45.6. The van der Waals surface area contributed by atoms with E-state index in [2.05, 4.69) is 409 Å². The third kappa shape index (κ3) is 23.6. The van der Waals surface area contributed by atoms with Crippen molar-refractivity contribution in [1.29, 1.82) is 0 Å². The predicted octanol–water partition coefficient (Wildman–Crippen LogP) is 31.9. The molecule has 16 heteroatoms. The molecule has 0 bridgehead atoms. The maximum absolute atomic E-state index is 6.66. The van der Waals surface area contributed by atoms with E-state index in [-0.39, 0.29) is 65.0 Å². The van der Waals surface area contributed by atoms with E-state index in [1.807, 2.05) is 0 Å². The number of benzene rings is 9. The molecule has 12 nitrogen and oxygen atoms in total. The lowest BCUT2D eigenvalue weighted by molar-refractivity contribution is -0.0673. The predicted molar refractivity (Wildman–Crippen MR) is 528 cm³/mol. The van der Waals surface area contributed by atoms with E-state index in [0.717, 1.165) is 72.4 Å². The van der Waals surface area contributed by atoms with Gasteiger partial charge in [-0.1, -0.05) is 409 Å². The lowest BCUT2D eigenvalue weighted by Gasteiger charge is -2.41. The monoisotopic (exact) mass is 1790 g/mol. The van der Waals surface area contributed by atoms with Crippen LogP contribution >= 0.6 is 34.4 Å². The molecule has 0 amide bonds. The van der Waals surface area contributed by atoms with E-state index in [4.69, 9.17) is 54.3 Å². The van der Waals surface area contributed by atoms with Crippen LogP contribution in [-0.4, -0.2) is 46.8 Å². The Kier molecular flexibility index (Phi) is 31.0. The maximum Gasteiger partial charge on any atom is 0.462 e. The minimum Gasteiger partial charge on any atom is -0.426 e. The number of hydrogen-bond acceptors (Lipinski definition) is 12. The van der Waals surface area contributed by atoms with Gasteiger partial charge in [-0.3, -0.25) is 4.52 Å². The van der Waals surface area contributed by atoms with E-state index in [0.29, 0.717) is 26.4 Å². The summed E-state index contributed by atoms with van der Waals surface area (Å²) in [5.74, 6) is 4.29. The summed E-state index contributed by atoms with van der Waals surface area (Å²) in [7, 11) is -4.65. The molecule has 682 valence electrons. The summed E-state index contributed by atoms with van der Waals surface area (Å²) < 4.78 is 76.9. The van der Waals surface area contributed by atoms with Gasteiger partial charge < -0.3 is 49.8 Å². The first-order valence-corrected chi connectivity index (χ1v) is 50.0. The molecule has 0 unspecified atom stereocenters. The molecule has 0 saturated carbocycles. The van der Waals surface area contributed by atoms with Crippen LogP contribution in [-0.2, 0) is 97.7 Å². The van der Waals surface area contributed by atoms with Crippen LogP contribution in [0.25, 0.3) is 0 Å². The van der Waals surface area contributed by atoms with Crippen LogP contribution in [0.5, 0.6) is 28.7 Å². The average Bonchev–Trinajstić information content (AvgIpc) is 0.778. The van der Waals surface area contributed by atoms with Gasteiger partial charge in [0, 0.05) is 74.0 Å². The first kappa shape index (κ1) is 100.0. The summed E-state index contributed by atoms with van der Waals surface area (Å²) in [4.78, 5) is 0. The summed E-state index contributed by atoms with van der Waals surface area (Å²) in [5, 5.41) is 0. The normalized spacial score (nSPS) is 19.6. The first-order chi connectivity index (χ1) is 58.6. The Morgan fingerprint density at radius 1 is 0.294 bits per heavy atom. The van der Waals surface area contributed by atoms with Crippen molar-refractivity contribution in [2.45, 2.75) is 306 Å². The number of fused-ring (bicyclic) bond motifs is 2. The van der Waals surface area contributed by atoms with Gasteiger partial charge in [0.15, 0.2) is 0 Å². The number of hydrogen-bond donors (Lipinski definition) is 0. The van der Waals surface area contributed by atoms with E-state index in [1.165, 1.54) is 96.3 Å². The van der Waals surface area contributed by atoms with Crippen molar-refractivity contribution >= 4 is 34.4 Å². The van der Waals surface area contributed by atoms with Crippen LogP contribution in [0.4, 0.5) is 0 Å². The van der Waals surface area contributed by atoms with Gasteiger partial charge in [0.2, 0.25) is 0 Å². The van der Waals surface area contributed by atoms with Crippen LogP contribution in [0.15, 0.2) is 194 Å². The molecular formula is C110H150O12P4. The summed E-state index contributed by atoms with van der Waals surface area (Å²) in [5.41, 5.74) is 19.2. The zero-order valence-electron chi connectivity index (χ0n) is 82.4. The molecule has 0 aromatic heterocycles. The van der Waals surface area contributed by atoms with Gasteiger partial charge in [-0.05, 0) is 124 Å². The minimum atomic E-state index is -1.67. The highest BCUT2D eigenvalue weighted by Crippen LogP contribution is 2.59. The SMILES string of the molecule is CC(C)(c1ccccc1)c1ccc(OP2OCC3(CO2)COP(Oc2ccc(C(C)(C)c4ccccc4)cc2C(C)(C)c2ccccc2)OC3)c(C(C)(C)c2ccccc2)c1.CCCCC1(CC)COP(Oc2c(C(C)(C)C)cc(C(C)(C)C)cc2C(C)(C)C)OC1.COP1Oc2c(cc(C(C)(C)C)cc2C(C)(C)C)Cc2cc(C(C)(C)C)cc(C(C)(C)C)c2O1. The minimum absolute atomic E-state index is 0.0343. The zero-order valence-corrected chi connectivity index (χ0v) is 86.0. The quantitative estimate of drug-likeness (QED) is 0.0719. The molecule has 9 aromatic carbocycles. The molecule has 0 aliphatic carbocycles. The molecular weight excluding hydrogens is 1640 g/mol. The fraction of sp³-hybridized carbons (Fsp3) is 0.509. The molecule has 9 aromatic rings. The Bertz CT molecular complexity index is 4810. The van der Waals surface area contributed by atoms with Crippen LogP contribution in [0.1, 0.15) is 335 Å². The maximum atomic E-state index is 6.66. The van der Waals surface area contributed by atoms with Crippen LogP contribution < -0.4 is 22.6 Å². The number of rotatable bonds is 19. The van der Waals surface area contributed by atoms with Crippen LogP contribution in [0.2, 0.25) is 0 Å². The number of unbranched alkanes of at least 4 members (excludes halogenated alkanes) is 1. The average molecular weight is 1790 g/mol. The summed E-state index contributed by atoms with van der Waals surface area (Å²) in [6.45, 7) is 73.1. The van der Waals surface area contributed by atoms with Gasteiger partial charge in [-0.2, -0.15) is 0 Å². The van der Waals surface area contributed by atoms with E-state index in [9.17, 15) is 0 Å². The molecule has 0 N–H and O–H groups in total. The molecule has 126 heavy (non-hydrogen) atoms. The molecule has 3 saturated heterocycles. The molecule has 4 aliphatic rings. The zero-order chi connectivity index (χ0) is 92.4. The second-order valence-corrected chi connectivity index (χ2v) is 49.5. The van der Waals surface area contributed by atoms with Gasteiger partial charge in [-0.15, -0.1) is 0 Å². The highest BCUT2D eigenvalue weighted by atomic mass is 31.2. The molecule has 0 atom stereocenters. The smallest absolute Gasteiger partial charge is 0.426 e. The topological polar surface area (TPSA) is 111 Å². The molecule has 4 aliphatic heterocycles. The fourth-order valence-electron chi connectivity index (χ4n) is 16.6. The molecule has 13 rings (SSSR count). The summed E-state index contributed by atoms with van der Waals surface area (Å²) in [6, 6.07) is 69.5. The van der Waals surface area contributed by atoms with E-state index in [1.54, 1.807) is 7.11 Å². The molecule has 3 fully saturated rings. The van der Waals surface area contributed by atoms with E-state index >= 15 is 0 Å². The molecule has 4 heterocycles. The Morgan fingerprint density at radius 3 is 0.889 bits per heavy atom.